The Hall–Kier alpha value is -1.99. The molecule has 2 heterocycles. The van der Waals surface area contributed by atoms with E-state index in [1.54, 1.807) is 0 Å². The molecule has 0 spiro atoms. The summed E-state index contributed by atoms with van der Waals surface area (Å²) in [7, 11) is 0. The molecule has 7 heteroatoms. The molecule has 2 aromatic rings. The van der Waals surface area contributed by atoms with Crippen LogP contribution in [0.5, 0.6) is 0 Å². The normalized spacial score (nSPS) is 18.4. The Morgan fingerprint density at radius 1 is 1.32 bits per heavy atom. The van der Waals surface area contributed by atoms with Crippen LogP contribution in [0.1, 0.15) is 37.6 Å². The largest absolute Gasteiger partial charge is 0.368 e. The van der Waals surface area contributed by atoms with Crippen LogP contribution in [0.25, 0.3) is 0 Å². The molecule has 1 aromatic heterocycles. The van der Waals surface area contributed by atoms with E-state index < -0.39 is 0 Å². The van der Waals surface area contributed by atoms with Gasteiger partial charge in [0.05, 0.1) is 12.7 Å². The minimum absolute atomic E-state index is 0.222. The number of amides is 1. The van der Waals surface area contributed by atoms with E-state index in [2.05, 4.69) is 28.5 Å². The van der Waals surface area contributed by atoms with Crippen LogP contribution in [-0.2, 0) is 24.4 Å². The van der Waals surface area contributed by atoms with Gasteiger partial charge in [0.2, 0.25) is 5.91 Å². The van der Waals surface area contributed by atoms with Crippen molar-refractivity contribution in [2.45, 2.75) is 51.9 Å². The zero-order valence-electron chi connectivity index (χ0n) is 14.6. The lowest BCUT2D eigenvalue weighted by Gasteiger charge is -2.33. The molecule has 25 heavy (non-hydrogen) atoms. The summed E-state index contributed by atoms with van der Waals surface area (Å²) in [5.41, 5.74) is 6.78. The van der Waals surface area contributed by atoms with Crippen molar-refractivity contribution in [3.63, 3.8) is 0 Å². The average molecular weight is 359 g/mol. The maximum atomic E-state index is 11.7. The highest BCUT2D eigenvalue weighted by Gasteiger charge is 2.27. The van der Waals surface area contributed by atoms with Crippen molar-refractivity contribution >= 4 is 18.1 Å². The Bertz CT molecular complexity index is 783. The predicted molar refractivity (Wildman–Crippen MR) is 99.5 cm³/mol. The molecule has 0 bridgehead atoms. The second kappa shape index (κ2) is 7.93. The fourth-order valence-corrected chi connectivity index (χ4v) is 3.79. The van der Waals surface area contributed by atoms with Crippen LogP contribution in [0.4, 0.5) is 0 Å². The molecule has 1 aliphatic heterocycles. The molecule has 1 fully saturated rings. The number of carbonyl (C=O) groups excluding carboxylic acids is 1. The standard InChI is InChI=1S/C18H25N5OS/c1-2-22-16(12-14-8-4-3-5-9-14)20-23(18(22)25)13-21-11-7-6-10-15(21)17(19)24/h3-5,8-9,15H,2,6-7,10-13H2,1H3,(H2,19,24)/t15-/m0/s1. The fourth-order valence-electron chi connectivity index (χ4n) is 3.46. The number of primary amides is 1. The van der Waals surface area contributed by atoms with Crippen molar-refractivity contribution in [2.24, 2.45) is 5.73 Å². The first kappa shape index (κ1) is 17.8. The van der Waals surface area contributed by atoms with Crippen molar-refractivity contribution in [1.29, 1.82) is 0 Å². The van der Waals surface area contributed by atoms with Crippen LogP contribution >= 0.6 is 12.2 Å². The number of piperidine rings is 1. The van der Waals surface area contributed by atoms with E-state index in [1.807, 2.05) is 22.9 Å². The predicted octanol–water partition coefficient (Wildman–Crippen LogP) is 2.32. The summed E-state index contributed by atoms with van der Waals surface area (Å²) in [5, 5.41) is 4.75. The molecule has 0 saturated carbocycles. The van der Waals surface area contributed by atoms with E-state index in [0.717, 1.165) is 44.6 Å². The van der Waals surface area contributed by atoms with Gasteiger partial charge in [0.25, 0.3) is 0 Å². The van der Waals surface area contributed by atoms with Gasteiger partial charge in [-0.05, 0) is 37.5 Å². The van der Waals surface area contributed by atoms with Crippen LogP contribution in [0.15, 0.2) is 30.3 Å². The second-order valence-corrected chi connectivity index (χ2v) is 6.84. The summed E-state index contributed by atoms with van der Waals surface area (Å²) in [6.45, 7) is 4.22. The van der Waals surface area contributed by atoms with Crippen LogP contribution in [-0.4, -0.2) is 37.7 Å². The number of hydrogen-bond acceptors (Lipinski definition) is 4. The molecular weight excluding hydrogens is 334 g/mol. The van der Waals surface area contributed by atoms with Crippen molar-refractivity contribution in [2.75, 3.05) is 6.54 Å². The Labute approximate surface area is 153 Å². The highest BCUT2D eigenvalue weighted by atomic mass is 32.1. The molecule has 0 aliphatic carbocycles. The minimum atomic E-state index is -0.259. The monoisotopic (exact) mass is 359 g/mol. The summed E-state index contributed by atoms with van der Waals surface area (Å²) in [5.74, 6) is 0.692. The van der Waals surface area contributed by atoms with E-state index in [0.29, 0.717) is 11.4 Å². The van der Waals surface area contributed by atoms with Crippen molar-refractivity contribution in [3.8, 4) is 0 Å². The van der Waals surface area contributed by atoms with Gasteiger partial charge in [-0.1, -0.05) is 36.8 Å². The van der Waals surface area contributed by atoms with Crippen molar-refractivity contribution in [3.05, 3.63) is 46.5 Å². The van der Waals surface area contributed by atoms with Gasteiger partial charge in [0, 0.05) is 19.5 Å². The smallest absolute Gasteiger partial charge is 0.234 e. The van der Waals surface area contributed by atoms with Gasteiger partial charge in [0.15, 0.2) is 4.77 Å². The molecule has 1 aliphatic rings. The lowest BCUT2D eigenvalue weighted by molar-refractivity contribution is -0.125. The Balaban J connectivity index is 1.84. The lowest BCUT2D eigenvalue weighted by Crippen LogP contribution is -2.48. The first-order chi connectivity index (χ1) is 12.1. The summed E-state index contributed by atoms with van der Waals surface area (Å²) in [4.78, 5) is 13.8. The van der Waals surface area contributed by atoms with Gasteiger partial charge in [-0.15, -0.1) is 0 Å². The van der Waals surface area contributed by atoms with E-state index in [-0.39, 0.29) is 11.9 Å². The number of benzene rings is 1. The number of nitrogens with two attached hydrogens (primary N) is 1. The summed E-state index contributed by atoms with van der Waals surface area (Å²) >= 11 is 5.62. The highest BCUT2D eigenvalue weighted by molar-refractivity contribution is 7.71. The molecule has 6 nitrogen and oxygen atoms in total. The number of hydrogen-bond donors (Lipinski definition) is 1. The number of carbonyl (C=O) groups is 1. The summed E-state index contributed by atoms with van der Waals surface area (Å²) in [6, 6.07) is 10.0. The van der Waals surface area contributed by atoms with Crippen LogP contribution in [0, 0.1) is 4.77 Å². The topological polar surface area (TPSA) is 69.1 Å². The summed E-state index contributed by atoms with van der Waals surface area (Å²) in [6.07, 6.45) is 3.67. The molecular formula is C18H25N5OS. The molecule has 3 rings (SSSR count). The SMILES string of the molecule is CCn1c(Cc2ccccc2)nn(CN2CCCC[C@H]2C(N)=O)c1=S. The Morgan fingerprint density at radius 3 is 2.76 bits per heavy atom. The van der Waals surface area contributed by atoms with E-state index >= 15 is 0 Å². The van der Waals surface area contributed by atoms with Crippen LogP contribution in [0.2, 0.25) is 0 Å². The van der Waals surface area contributed by atoms with Crippen molar-refractivity contribution in [1.82, 2.24) is 19.2 Å². The first-order valence-electron chi connectivity index (χ1n) is 8.84. The van der Waals surface area contributed by atoms with Gasteiger partial charge in [-0.2, -0.15) is 5.10 Å². The summed E-state index contributed by atoms with van der Waals surface area (Å²) < 4.78 is 4.59. The third-order valence-electron chi connectivity index (χ3n) is 4.78. The number of likely N-dealkylation sites (tertiary alicyclic amines) is 1. The Morgan fingerprint density at radius 2 is 2.08 bits per heavy atom. The number of aromatic nitrogens is 3. The minimum Gasteiger partial charge on any atom is -0.368 e. The average Bonchev–Trinajstić information content (AvgIpc) is 2.90. The first-order valence-corrected chi connectivity index (χ1v) is 9.24. The molecule has 1 aromatic carbocycles. The van der Waals surface area contributed by atoms with E-state index in [4.69, 9.17) is 23.1 Å². The molecule has 2 N–H and O–H groups in total. The van der Waals surface area contributed by atoms with Gasteiger partial charge >= 0.3 is 0 Å². The van der Waals surface area contributed by atoms with Gasteiger partial charge in [-0.3, -0.25) is 9.69 Å². The van der Waals surface area contributed by atoms with E-state index in [1.165, 1.54) is 5.56 Å². The molecule has 1 amide bonds. The third-order valence-corrected chi connectivity index (χ3v) is 5.21. The zero-order valence-corrected chi connectivity index (χ0v) is 15.4. The van der Waals surface area contributed by atoms with Gasteiger partial charge in [0.1, 0.15) is 5.82 Å². The lowest BCUT2D eigenvalue weighted by atomic mass is 10.0. The fraction of sp³-hybridized carbons (Fsp3) is 0.500. The second-order valence-electron chi connectivity index (χ2n) is 6.47. The van der Waals surface area contributed by atoms with Gasteiger partial charge in [-0.25, -0.2) is 4.68 Å². The highest BCUT2D eigenvalue weighted by Crippen LogP contribution is 2.18. The maximum absolute atomic E-state index is 11.7. The van der Waals surface area contributed by atoms with Crippen molar-refractivity contribution < 1.29 is 4.79 Å². The molecule has 1 saturated heterocycles. The van der Waals surface area contributed by atoms with Crippen LogP contribution in [0.3, 0.4) is 0 Å². The van der Waals surface area contributed by atoms with E-state index in [9.17, 15) is 4.79 Å². The quantitative estimate of drug-likeness (QED) is 0.804. The maximum Gasteiger partial charge on any atom is 0.234 e. The molecule has 134 valence electrons. The molecule has 0 radical (unpaired) electrons. The number of rotatable bonds is 6. The molecule has 0 unspecified atom stereocenters. The zero-order chi connectivity index (χ0) is 17.8. The Kier molecular flexibility index (Phi) is 5.65. The third kappa shape index (κ3) is 3.99. The van der Waals surface area contributed by atoms with Gasteiger partial charge < -0.3 is 10.3 Å². The molecule has 1 atom stereocenters. The van der Waals surface area contributed by atoms with Crippen LogP contribution < -0.4 is 5.73 Å². The number of nitrogens with zero attached hydrogens (tertiary/aromatic N) is 4.